The van der Waals surface area contributed by atoms with E-state index in [0.717, 1.165) is 16.7 Å². The second-order valence-electron chi connectivity index (χ2n) is 5.77. The Kier molecular flexibility index (Phi) is 5.40. The molecule has 7 heteroatoms. The van der Waals surface area contributed by atoms with Gasteiger partial charge in [0.25, 0.3) is 5.56 Å². The first-order valence-corrected chi connectivity index (χ1v) is 8.49. The van der Waals surface area contributed by atoms with Gasteiger partial charge in [-0.25, -0.2) is 4.79 Å². The van der Waals surface area contributed by atoms with Crippen LogP contribution in [-0.4, -0.2) is 20.6 Å². The van der Waals surface area contributed by atoms with Gasteiger partial charge < -0.3 is 9.67 Å². The van der Waals surface area contributed by atoms with E-state index in [1.807, 2.05) is 0 Å². The van der Waals surface area contributed by atoms with Crippen LogP contribution in [-0.2, 0) is 13.0 Å². The molecule has 0 saturated heterocycles. The lowest BCUT2D eigenvalue weighted by Crippen LogP contribution is -2.18. The molecular weight excluding hydrogens is 375 g/mol. The van der Waals surface area contributed by atoms with Crippen molar-refractivity contribution in [2.75, 3.05) is 0 Å². The molecule has 0 amide bonds. The van der Waals surface area contributed by atoms with Gasteiger partial charge in [-0.2, -0.15) is 0 Å². The number of aromatic carboxylic acids is 1. The fourth-order valence-corrected chi connectivity index (χ4v) is 3.08. The summed E-state index contributed by atoms with van der Waals surface area (Å²) in [6.45, 7) is 0.314. The molecule has 0 atom stereocenters. The van der Waals surface area contributed by atoms with Gasteiger partial charge in [-0.15, -0.1) is 0 Å². The average Bonchev–Trinajstić information content (AvgIpc) is 2.61. The number of hydrogen-bond donors (Lipinski definition) is 1. The Morgan fingerprint density at radius 3 is 2.54 bits per heavy atom. The van der Waals surface area contributed by atoms with E-state index in [-0.39, 0.29) is 11.1 Å². The first kappa shape index (κ1) is 18.2. The molecule has 2 aromatic heterocycles. The second-order valence-corrected chi connectivity index (χ2v) is 6.58. The van der Waals surface area contributed by atoms with E-state index < -0.39 is 5.97 Å². The smallest absolute Gasteiger partial charge is 0.337 e. The average molecular weight is 389 g/mol. The fourth-order valence-electron chi connectivity index (χ4n) is 2.58. The maximum atomic E-state index is 11.8. The number of nitrogens with zero attached hydrogens (tertiary/aromatic N) is 2. The zero-order chi connectivity index (χ0) is 18.7. The number of hydrogen-bond acceptors (Lipinski definition) is 3. The predicted molar refractivity (Wildman–Crippen MR) is 100 cm³/mol. The molecule has 132 valence electrons. The third kappa shape index (κ3) is 4.12. The van der Waals surface area contributed by atoms with Crippen molar-refractivity contribution < 1.29 is 9.90 Å². The van der Waals surface area contributed by atoms with Gasteiger partial charge in [0.1, 0.15) is 0 Å². The molecule has 0 saturated carbocycles. The third-order valence-corrected chi connectivity index (χ3v) is 4.60. The molecule has 3 rings (SSSR count). The summed E-state index contributed by atoms with van der Waals surface area (Å²) in [4.78, 5) is 26.8. The number of benzene rings is 1. The molecule has 5 nitrogen and oxygen atoms in total. The van der Waals surface area contributed by atoms with Crippen LogP contribution < -0.4 is 5.56 Å². The molecule has 0 aliphatic carbocycles. The monoisotopic (exact) mass is 388 g/mol. The molecule has 2 heterocycles. The van der Waals surface area contributed by atoms with Crippen molar-refractivity contribution in [1.82, 2.24) is 9.55 Å². The highest BCUT2D eigenvalue weighted by Crippen LogP contribution is 2.27. The minimum absolute atomic E-state index is 0.116. The van der Waals surface area contributed by atoms with Gasteiger partial charge in [-0.05, 0) is 41.0 Å². The van der Waals surface area contributed by atoms with Crippen LogP contribution in [0.15, 0.2) is 59.8 Å². The molecule has 0 aliphatic rings. The summed E-state index contributed by atoms with van der Waals surface area (Å²) in [7, 11) is 0. The van der Waals surface area contributed by atoms with Crippen LogP contribution >= 0.6 is 23.2 Å². The Morgan fingerprint density at radius 1 is 1.08 bits per heavy atom. The van der Waals surface area contributed by atoms with Gasteiger partial charge in [-0.1, -0.05) is 29.3 Å². The Labute approximate surface area is 159 Å². The zero-order valence-electron chi connectivity index (χ0n) is 13.5. The van der Waals surface area contributed by atoms with Crippen molar-refractivity contribution in [3.05, 3.63) is 97.6 Å². The van der Waals surface area contributed by atoms with Crippen molar-refractivity contribution in [3.8, 4) is 0 Å². The van der Waals surface area contributed by atoms with Gasteiger partial charge in [0.15, 0.2) is 0 Å². The molecule has 3 aromatic rings. The fraction of sp³-hybridized carbons (Fsp3) is 0.105. The highest BCUT2D eigenvalue weighted by atomic mass is 35.5. The van der Waals surface area contributed by atoms with Gasteiger partial charge in [0.05, 0.1) is 12.1 Å². The maximum absolute atomic E-state index is 11.8. The number of aromatic nitrogens is 2. The summed E-state index contributed by atoms with van der Waals surface area (Å²) in [6.07, 6.45) is 4.97. The summed E-state index contributed by atoms with van der Waals surface area (Å²) in [5.41, 5.74) is 2.19. The van der Waals surface area contributed by atoms with E-state index in [2.05, 4.69) is 4.98 Å². The standard InChI is InChI=1S/C19H14Cl2N2O3/c20-16-8-15(11-23-4-2-1-3-18(23)24)17(21)7-13(16)5-12-6-14(19(25)26)10-22-9-12/h1-4,6-10H,5,11H2,(H,25,26). The van der Waals surface area contributed by atoms with E-state index in [1.54, 1.807) is 42.7 Å². The molecule has 26 heavy (non-hydrogen) atoms. The van der Waals surface area contributed by atoms with Crippen LogP contribution in [0.2, 0.25) is 10.0 Å². The SMILES string of the molecule is O=C(O)c1cncc(Cc2cc(Cl)c(Cn3ccccc3=O)cc2Cl)c1. The van der Waals surface area contributed by atoms with Crippen molar-refractivity contribution in [2.45, 2.75) is 13.0 Å². The molecule has 0 spiro atoms. The maximum Gasteiger partial charge on any atom is 0.337 e. The highest BCUT2D eigenvalue weighted by Gasteiger charge is 2.11. The topological polar surface area (TPSA) is 72.2 Å². The van der Waals surface area contributed by atoms with E-state index in [1.165, 1.54) is 16.8 Å². The van der Waals surface area contributed by atoms with Crippen molar-refractivity contribution >= 4 is 29.2 Å². The zero-order valence-corrected chi connectivity index (χ0v) is 15.0. The van der Waals surface area contributed by atoms with E-state index in [4.69, 9.17) is 28.3 Å². The van der Waals surface area contributed by atoms with Gasteiger partial charge in [0.2, 0.25) is 0 Å². The van der Waals surface area contributed by atoms with Crippen molar-refractivity contribution in [3.63, 3.8) is 0 Å². The van der Waals surface area contributed by atoms with Gasteiger partial charge >= 0.3 is 5.97 Å². The summed E-state index contributed by atoms with van der Waals surface area (Å²) in [6, 6.07) is 9.95. The lowest BCUT2D eigenvalue weighted by atomic mass is 10.0. The molecule has 0 bridgehead atoms. The van der Waals surface area contributed by atoms with Crippen LogP contribution in [0.25, 0.3) is 0 Å². The quantitative estimate of drug-likeness (QED) is 0.719. The minimum Gasteiger partial charge on any atom is -0.478 e. The molecule has 1 aromatic carbocycles. The van der Waals surface area contributed by atoms with Crippen LogP contribution in [0.5, 0.6) is 0 Å². The van der Waals surface area contributed by atoms with E-state index in [9.17, 15) is 9.59 Å². The molecule has 0 radical (unpaired) electrons. The number of carboxylic acids is 1. The number of halogens is 2. The van der Waals surface area contributed by atoms with Gasteiger partial charge in [0, 0.05) is 41.1 Å². The number of rotatable bonds is 5. The number of pyridine rings is 2. The first-order valence-electron chi connectivity index (χ1n) is 7.73. The van der Waals surface area contributed by atoms with Crippen LogP contribution in [0.3, 0.4) is 0 Å². The van der Waals surface area contributed by atoms with Gasteiger partial charge in [-0.3, -0.25) is 9.78 Å². The Hall–Kier alpha value is -2.63. The largest absolute Gasteiger partial charge is 0.478 e. The minimum atomic E-state index is -1.04. The van der Waals surface area contributed by atoms with Crippen molar-refractivity contribution in [2.24, 2.45) is 0 Å². The van der Waals surface area contributed by atoms with Crippen LogP contribution in [0.1, 0.15) is 27.0 Å². The molecule has 0 aliphatic heterocycles. The Bertz CT molecular complexity index is 1030. The third-order valence-electron chi connectivity index (χ3n) is 3.89. The van der Waals surface area contributed by atoms with Crippen molar-refractivity contribution in [1.29, 1.82) is 0 Å². The second kappa shape index (κ2) is 7.72. The summed E-state index contributed by atoms with van der Waals surface area (Å²) >= 11 is 12.7. The predicted octanol–water partition coefficient (Wildman–Crippen LogP) is 3.89. The number of carbonyl (C=O) groups is 1. The normalized spacial score (nSPS) is 10.7. The summed E-state index contributed by atoms with van der Waals surface area (Å²) in [5, 5.41) is 10.0. The van der Waals surface area contributed by atoms with E-state index >= 15 is 0 Å². The van der Waals surface area contributed by atoms with Crippen LogP contribution in [0.4, 0.5) is 0 Å². The Balaban J connectivity index is 1.88. The first-order chi connectivity index (χ1) is 12.4. The number of carboxylic acid groups (broad SMARTS) is 1. The van der Waals surface area contributed by atoms with Crippen LogP contribution in [0, 0.1) is 0 Å². The molecule has 0 fully saturated rings. The highest BCUT2D eigenvalue weighted by molar-refractivity contribution is 6.34. The molecule has 0 unspecified atom stereocenters. The lowest BCUT2D eigenvalue weighted by Gasteiger charge is -2.11. The molecule has 1 N–H and O–H groups in total. The summed E-state index contributed by atoms with van der Waals surface area (Å²) in [5.74, 6) is -1.04. The lowest BCUT2D eigenvalue weighted by molar-refractivity contribution is 0.0696. The Morgan fingerprint density at radius 2 is 1.81 bits per heavy atom. The van der Waals surface area contributed by atoms with E-state index in [0.29, 0.717) is 23.0 Å². The molecular formula is C19H14Cl2N2O3. The summed E-state index contributed by atoms with van der Waals surface area (Å²) < 4.78 is 1.54.